The van der Waals surface area contributed by atoms with Crippen molar-refractivity contribution >= 4 is 12.0 Å². The maximum absolute atomic E-state index is 12.8. The van der Waals surface area contributed by atoms with Gasteiger partial charge in [-0.1, -0.05) is 0 Å². The van der Waals surface area contributed by atoms with Crippen LogP contribution in [0.5, 0.6) is 0 Å². The lowest BCUT2D eigenvalue weighted by Crippen LogP contribution is -2.51. The molecule has 0 atom stereocenters. The summed E-state index contributed by atoms with van der Waals surface area (Å²) in [5.74, 6) is 1.35. The molecule has 0 bridgehead atoms. The van der Waals surface area contributed by atoms with Gasteiger partial charge >= 0.3 is 6.09 Å². The third kappa shape index (κ3) is 5.24. The average molecular weight is 388 g/mol. The molecular formula is C22H33N3O3. The molecule has 2 amide bonds. The van der Waals surface area contributed by atoms with Gasteiger partial charge in [0, 0.05) is 50.9 Å². The Morgan fingerprint density at radius 3 is 2.32 bits per heavy atom. The van der Waals surface area contributed by atoms with Gasteiger partial charge in [-0.2, -0.15) is 0 Å². The second-order valence-electron chi connectivity index (χ2n) is 9.30. The van der Waals surface area contributed by atoms with E-state index in [1.54, 1.807) is 11.9 Å². The smallest absolute Gasteiger partial charge is 0.410 e. The van der Waals surface area contributed by atoms with Crippen molar-refractivity contribution in [2.75, 3.05) is 26.7 Å². The van der Waals surface area contributed by atoms with Crippen molar-refractivity contribution in [2.24, 2.45) is 11.8 Å². The van der Waals surface area contributed by atoms with Crippen molar-refractivity contribution in [3.8, 4) is 0 Å². The summed E-state index contributed by atoms with van der Waals surface area (Å²) < 4.78 is 5.42. The summed E-state index contributed by atoms with van der Waals surface area (Å²) in [5, 5.41) is 0. The van der Waals surface area contributed by atoms with Gasteiger partial charge in [-0.05, 0) is 70.1 Å². The van der Waals surface area contributed by atoms with E-state index in [0.29, 0.717) is 24.3 Å². The fourth-order valence-electron chi connectivity index (χ4n) is 4.16. The number of hydrogen-bond donors (Lipinski definition) is 0. The van der Waals surface area contributed by atoms with E-state index in [1.807, 2.05) is 50.2 Å². The third-order valence-corrected chi connectivity index (χ3v) is 5.80. The van der Waals surface area contributed by atoms with Crippen LogP contribution in [-0.2, 0) is 9.53 Å². The molecule has 0 spiro atoms. The molecule has 2 fully saturated rings. The molecule has 1 aliphatic heterocycles. The lowest BCUT2D eigenvalue weighted by atomic mass is 9.80. The van der Waals surface area contributed by atoms with Crippen molar-refractivity contribution in [2.45, 2.75) is 58.0 Å². The summed E-state index contributed by atoms with van der Waals surface area (Å²) in [6.07, 6.45) is 7.18. The van der Waals surface area contributed by atoms with Gasteiger partial charge in [0.1, 0.15) is 5.60 Å². The van der Waals surface area contributed by atoms with Crippen LogP contribution in [0.2, 0.25) is 0 Å². The van der Waals surface area contributed by atoms with Gasteiger partial charge < -0.3 is 14.5 Å². The number of hydrogen-bond acceptors (Lipinski definition) is 4. The number of nitrogens with zero attached hydrogens (tertiary/aromatic N) is 3. The van der Waals surface area contributed by atoms with Crippen molar-refractivity contribution in [3.05, 3.63) is 30.1 Å². The first-order chi connectivity index (χ1) is 13.2. The monoisotopic (exact) mass is 387 g/mol. The Morgan fingerprint density at radius 2 is 1.75 bits per heavy atom. The fourth-order valence-corrected chi connectivity index (χ4v) is 4.16. The molecule has 3 rings (SSSR count). The quantitative estimate of drug-likeness (QED) is 0.791. The molecule has 1 aliphatic carbocycles. The molecule has 6 heteroatoms. The molecule has 154 valence electrons. The Morgan fingerprint density at radius 1 is 1.14 bits per heavy atom. The molecule has 0 N–H and O–H groups in total. The van der Waals surface area contributed by atoms with Crippen LogP contribution in [0.15, 0.2) is 24.5 Å². The molecule has 0 radical (unpaired) electrons. The number of likely N-dealkylation sites (tertiary alicyclic amines) is 1. The zero-order valence-electron chi connectivity index (χ0n) is 17.6. The van der Waals surface area contributed by atoms with Gasteiger partial charge in [0.05, 0.1) is 0 Å². The van der Waals surface area contributed by atoms with Gasteiger partial charge in [0.15, 0.2) is 0 Å². The second kappa shape index (κ2) is 8.50. The van der Waals surface area contributed by atoms with Gasteiger partial charge in [-0.3, -0.25) is 9.78 Å². The number of ether oxygens (including phenoxy) is 1. The first kappa shape index (κ1) is 20.6. The molecule has 28 heavy (non-hydrogen) atoms. The molecule has 1 saturated heterocycles. The first-order valence-electron chi connectivity index (χ1n) is 10.4. The summed E-state index contributed by atoms with van der Waals surface area (Å²) in [7, 11) is 1.80. The zero-order valence-corrected chi connectivity index (χ0v) is 17.6. The summed E-state index contributed by atoms with van der Waals surface area (Å²) in [6.45, 7) is 7.98. The normalized spacial score (nSPS) is 23.1. The summed E-state index contributed by atoms with van der Waals surface area (Å²) in [4.78, 5) is 32.6. The molecule has 1 aromatic heterocycles. The van der Waals surface area contributed by atoms with Crippen LogP contribution in [0.3, 0.4) is 0 Å². The van der Waals surface area contributed by atoms with Crippen molar-refractivity contribution < 1.29 is 14.3 Å². The third-order valence-electron chi connectivity index (χ3n) is 5.80. The predicted molar refractivity (Wildman–Crippen MR) is 108 cm³/mol. The molecule has 6 nitrogen and oxygen atoms in total. The average Bonchev–Trinajstić information content (AvgIpc) is 2.60. The van der Waals surface area contributed by atoms with E-state index in [-0.39, 0.29) is 12.0 Å². The Labute approximate surface area is 168 Å². The van der Waals surface area contributed by atoms with Crippen LogP contribution < -0.4 is 0 Å². The number of carbonyl (C=O) groups excluding carboxylic acids is 2. The standard InChI is InChI=1S/C22H33N3O3/c1-22(2,3)28-21(27)24(4)13-16-5-7-18(8-6-16)20(26)25-14-19(15-25)17-9-11-23-12-10-17/h9-12,16,18-19H,5-8,13-15H2,1-4H3. The van der Waals surface area contributed by atoms with E-state index < -0.39 is 5.60 Å². The highest BCUT2D eigenvalue weighted by Gasteiger charge is 2.37. The minimum absolute atomic E-state index is 0.140. The van der Waals surface area contributed by atoms with Crippen LogP contribution in [0.1, 0.15) is 57.9 Å². The number of aromatic nitrogens is 1. The summed E-state index contributed by atoms with van der Waals surface area (Å²) in [5.41, 5.74) is 0.800. The molecule has 1 saturated carbocycles. The Kier molecular flexibility index (Phi) is 6.26. The van der Waals surface area contributed by atoms with Crippen LogP contribution in [0.25, 0.3) is 0 Å². The lowest BCUT2D eigenvalue weighted by molar-refractivity contribution is -0.141. The molecule has 0 aromatic carbocycles. The number of rotatable bonds is 4. The van der Waals surface area contributed by atoms with Crippen molar-refractivity contribution in [1.29, 1.82) is 0 Å². The number of pyridine rings is 1. The zero-order chi connectivity index (χ0) is 20.3. The molecule has 0 unspecified atom stereocenters. The van der Waals surface area contributed by atoms with Gasteiger partial charge in [0.25, 0.3) is 0 Å². The Hall–Kier alpha value is -2.11. The molecule has 1 aromatic rings. The van der Waals surface area contributed by atoms with E-state index in [0.717, 1.165) is 38.8 Å². The highest BCUT2D eigenvalue weighted by atomic mass is 16.6. The van der Waals surface area contributed by atoms with Crippen LogP contribution >= 0.6 is 0 Å². The summed E-state index contributed by atoms with van der Waals surface area (Å²) >= 11 is 0. The van der Waals surface area contributed by atoms with Gasteiger partial charge in [-0.15, -0.1) is 0 Å². The van der Waals surface area contributed by atoms with Crippen LogP contribution in [0, 0.1) is 11.8 Å². The Balaban J connectivity index is 1.39. The predicted octanol–water partition coefficient (Wildman–Crippen LogP) is 3.68. The Bertz CT molecular complexity index is 672. The van der Waals surface area contributed by atoms with Gasteiger partial charge in [-0.25, -0.2) is 4.79 Å². The SMILES string of the molecule is CN(CC1CCC(C(=O)N2CC(c3ccncc3)C2)CC1)C(=O)OC(C)(C)C. The maximum atomic E-state index is 12.8. The first-order valence-corrected chi connectivity index (χ1v) is 10.4. The van der Waals surface area contributed by atoms with E-state index in [1.165, 1.54) is 5.56 Å². The fraction of sp³-hybridized carbons (Fsp3) is 0.682. The van der Waals surface area contributed by atoms with Crippen molar-refractivity contribution in [3.63, 3.8) is 0 Å². The van der Waals surface area contributed by atoms with Crippen molar-refractivity contribution in [1.82, 2.24) is 14.8 Å². The summed E-state index contributed by atoms with van der Waals surface area (Å²) in [6, 6.07) is 4.08. The second-order valence-corrected chi connectivity index (χ2v) is 9.30. The van der Waals surface area contributed by atoms with Crippen LogP contribution in [0.4, 0.5) is 4.79 Å². The van der Waals surface area contributed by atoms with E-state index in [4.69, 9.17) is 4.74 Å². The largest absolute Gasteiger partial charge is 0.444 e. The highest BCUT2D eigenvalue weighted by Crippen LogP contribution is 2.34. The maximum Gasteiger partial charge on any atom is 0.410 e. The number of amides is 2. The minimum Gasteiger partial charge on any atom is -0.444 e. The molecule has 2 aliphatic rings. The topological polar surface area (TPSA) is 62.7 Å². The molecular weight excluding hydrogens is 354 g/mol. The molecule has 2 heterocycles. The van der Waals surface area contributed by atoms with E-state index >= 15 is 0 Å². The minimum atomic E-state index is -0.471. The highest BCUT2D eigenvalue weighted by molar-refractivity contribution is 5.80. The van der Waals surface area contributed by atoms with Crippen LogP contribution in [-0.4, -0.2) is 59.1 Å². The lowest BCUT2D eigenvalue weighted by Gasteiger charge is -2.42. The van der Waals surface area contributed by atoms with E-state index in [2.05, 4.69) is 4.98 Å². The van der Waals surface area contributed by atoms with Gasteiger partial charge in [0.2, 0.25) is 5.91 Å². The van der Waals surface area contributed by atoms with E-state index in [9.17, 15) is 9.59 Å². The number of carbonyl (C=O) groups is 2.